The molecule has 4 nitrogen and oxygen atoms in total. The third-order valence-corrected chi connectivity index (χ3v) is 2.97. The molecule has 4 heteroatoms. The third kappa shape index (κ3) is 5.20. The van der Waals surface area contributed by atoms with E-state index in [1.54, 1.807) is 12.1 Å². The lowest BCUT2D eigenvalue weighted by Gasteiger charge is -2.10. The second-order valence-electron chi connectivity index (χ2n) is 4.57. The van der Waals surface area contributed by atoms with Gasteiger partial charge in [0, 0.05) is 0 Å². The molecule has 1 aromatic rings. The number of carboxylic acids is 1. The molecule has 0 saturated carbocycles. The van der Waals surface area contributed by atoms with Crippen molar-refractivity contribution >= 4 is 5.97 Å². The maximum absolute atomic E-state index is 11.0. The zero-order valence-corrected chi connectivity index (χ0v) is 11.4. The maximum atomic E-state index is 11.0. The molecule has 0 spiro atoms. The normalized spacial score (nSPS) is 10.4. The van der Waals surface area contributed by atoms with E-state index in [2.05, 4.69) is 6.92 Å². The van der Waals surface area contributed by atoms with Crippen LogP contribution in [0.3, 0.4) is 0 Å². The van der Waals surface area contributed by atoms with Crippen molar-refractivity contribution in [3.8, 4) is 11.5 Å². The van der Waals surface area contributed by atoms with Gasteiger partial charge < -0.3 is 14.9 Å². The summed E-state index contributed by atoms with van der Waals surface area (Å²) in [6.45, 7) is 2.66. The van der Waals surface area contributed by atoms with Crippen LogP contribution < -0.4 is 4.74 Å². The van der Waals surface area contributed by atoms with Crippen LogP contribution in [-0.2, 0) is 0 Å². The summed E-state index contributed by atoms with van der Waals surface area (Å²) >= 11 is 0. The molecule has 1 rings (SSSR count). The summed E-state index contributed by atoms with van der Waals surface area (Å²) in [7, 11) is 0. The number of aromatic hydroxyl groups is 1. The summed E-state index contributed by atoms with van der Waals surface area (Å²) in [6, 6.07) is 4.50. The van der Waals surface area contributed by atoms with Crippen LogP contribution in [0.2, 0.25) is 0 Å². The van der Waals surface area contributed by atoms with E-state index in [1.807, 2.05) is 0 Å². The van der Waals surface area contributed by atoms with E-state index in [-0.39, 0.29) is 17.1 Å². The van der Waals surface area contributed by atoms with Crippen LogP contribution in [0.1, 0.15) is 55.8 Å². The molecule has 106 valence electrons. The van der Waals surface area contributed by atoms with Crippen LogP contribution in [0.5, 0.6) is 11.5 Å². The first kappa shape index (κ1) is 15.3. The summed E-state index contributed by atoms with van der Waals surface area (Å²) in [5, 5.41) is 18.5. The van der Waals surface area contributed by atoms with Gasteiger partial charge in [0.1, 0.15) is 17.1 Å². The number of unbranched alkanes of at least 4 members (excludes halogenated alkanes) is 5. The molecule has 0 amide bonds. The summed E-state index contributed by atoms with van der Waals surface area (Å²) in [5.74, 6) is -1.19. The molecular weight excluding hydrogens is 244 g/mol. The van der Waals surface area contributed by atoms with Gasteiger partial charge in [-0.3, -0.25) is 0 Å². The molecule has 0 saturated heterocycles. The standard InChI is InChI=1S/C15H22O4/c1-2-3-4-5-6-7-11-19-13-10-8-9-12(16)14(13)15(17)18/h8-10,16H,2-7,11H2,1H3,(H,17,18). The summed E-state index contributed by atoms with van der Waals surface area (Å²) in [5.41, 5.74) is -0.159. The molecule has 0 heterocycles. The minimum absolute atomic E-state index is 0.159. The van der Waals surface area contributed by atoms with Gasteiger partial charge in [-0.05, 0) is 18.6 Å². The van der Waals surface area contributed by atoms with Crippen LogP contribution in [0, 0.1) is 0 Å². The van der Waals surface area contributed by atoms with Crippen molar-refractivity contribution in [3.63, 3.8) is 0 Å². The fraction of sp³-hybridized carbons (Fsp3) is 0.533. The number of ether oxygens (including phenoxy) is 1. The number of hydrogen-bond donors (Lipinski definition) is 2. The first-order chi connectivity index (χ1) is 9.16. The Labute approximate surface area is 114 Å². The Kier molecular flexibility index (Phi) is 6.79. The van der Waals surface area contributed by atoms with Crippen molar-refractivity contribution in [2.75, 3.05) is 6.61 Å². The molecule has 0 radical (unpaired) electrons. The van der Waals surface area contributed by atoms with Crippen molar-refractivity contribution in [1.29, 1.82) is 0 Å². The van der Waals surface area contributed by atoms with Gasteiger partial charge in [0.15, 0.2) is 0 Å². The summed E-state index contributed by atoms with van der Waals surface area (Å²) < 4.78 is 5.44. The highest BCUT2D eigenvalue weighted by Crippen LogP contribution is 2.27. The van der Waals surface area contributed by atoms with E-state index in [0.717, 1.165) is 12.8 Å². The molecule has 0 bridgehead atoms. The molecule has 0 fully saturated rings. The largest absolute Gasteiger partial charge is 0.507 e. The molecule has 0 aliphatic rings. The van der Waals surface area contributed by atoms with E-state index in [9.17, 15) is 9.90 Å². The van der Waals surface area contributed by atoms with Crippen LogP contribution >= 0.6 is 0 Å². The SMILES string of the molecule is CCCCCCCCOc1cccc(O)c1C(=O)O. The predicted octanol–water partition coefficient (Wildman–Crippen LogP) is 3.83. The lowest BCUT2D eigenvalue weighted by atomic mass is 10.1. The quantitative estimate of drug-likeness (QED) is 0.667. The Bertz CT molecular complexity index is 401. The van der Waals surface area contributed by atoms with Gasteiger partial charge in [0.05, 0.1) is 6.61 Å². The smallest absolute Gasteiger partial charge is 0.343 e. The van der Waals surface area contributed by atoms with Crippen LogP contribution in [0.25, 0.3) is 0 Å². The van der Waals surface area contributed by atoms with E-state index in [1.165, 1.54) is 31.7 Å². The molecule has 0 aliphatic carbocycles. The summed E-state index contributed by atoms with van der Waals surface area (Å²) in [4.78, 5) is 11.0. The van der Waals surface area contributed by atoms with Gasteiger partial charge >= 0.3 is 5.97 Å². The molecule has 0 unspecified atom stereocenters. The fourth-order valence-corrected chi connectivity index (χ4v) is 1.92. The van der Waals surface area contributed by atoms with Gasteiger partial charge in [-0.1, -0.05) is 45.1 Å². The Morgan fingerprint density at radius 2 is 1.84 bits per heavy atom. The lowest BCUT2D eigenvalue weighted by Crippen LogP contribution is -2.04. The Morgan fingerprint density at radius 1 is 1.16 bits per heavy atom. The molecule has 0 aliphatic heterocycles. The second kappa shape index (κ2) is 8.40. The van der Waals surface area contributed by atoms with E-state index in [0.29, 0.717) is 6.61 Å². The van der Waals surface area contributed by atoms with Gasteiger partial charge in [-0.2, -0.15) is 0 Å². The highest BCUT2D eigenvalue weighted by molar-refractivity contribution is 5.93. The molecular formula is C15H22O4. The monoisotopic (exact) mass is 266 g/mol. The number of carbonyl (C=O) groups is 1. The van der Waals surface area contributed by atoms with Crippen molar-refractivity contribution < 1.29 is 19.7 Å². The summed E-state index contributed by atoms with van der Waals surface area (Å²) in [6.07, 6.45) is 6.89. The van der Waals surface area contributed by atoms with Gasteiger partial charge in [0.2, 0.25) is 0 Å². The number of carboxylic acid groups (broad SMARTS) is 1. The topological polar surface area (TPSA) is 66.8 Å². The first-order valence-corrected chi connectivity index (χ1v) is 6.85. The van der Waals surface area contributed by atoms with Crippen LogP contribution in [0.4, 0.5) is 0 Å². The molecule has 0 aromatic heterocycles. The van der Waals surface area contributed by atoms with Crippen LogP contribution in [0.15, 0.2) is 18.2 Å². The lowest BCUT2D eigenvalue weighted by molar-refractivity contribution is 0.0688. The minimum Gasteiger partial charge on any atom is -0.507 e. The van der Waals surface area contributed by atoms with Gasteiger partial charge in [-0.15, -0.1) is 0 Å². The highest BCUT2D eigenvalue weighted by atomic mass is 16.5. The highest BCUT2D eigenvalue weighted by Gasteiger charge is 2.15. The second-order valence-corrected chi connectivity index (χ2v) is 4.57. The number of aromatic carboxylic acids is 1. The average molecular weight is 266 g/mol. The average Bonchev–Trinajstić information content (AvgIpc) is 2.37. The number of hydrogen-bond acceptors (Lipinski definition) is 3. The van der Waals surface area contributed by atoms with Crippen LogP contribution in [-0.4, -0.2) is 22.8 Å². The minimum atomic E-state index is -1.17. The third-order valence-electron chi connectivity index (χ3n) is 2.97. The Morgan fingerprint density at radius 3 is 2.53 bits per heavy atom. The fourth-order valence-electron chi connectivity index (χ4n) is 1.92. The molecule has 0 atom stereocenters. The van der Waals surface area contributed by atoms with Crippen molar-refractivity contribution in [2.24, 2.45) is 0 Å². The number of phenols is 1. The predicted molar refractivity (Wildman–Crippen MR) is 73.9 cm³/mol. The van der Waals surface area contributed by atoms with Gasteiger partial charge in [0.25, 0.3) is 0 Å². The maximum Gasteiger partial charge on any atom is 0.343 e. The number of rotatable bonds is 9. The first-order valence-electron chi connectivity index (χ1n) is 6.85. The van der Waals surface area contributed by atoms with E-state index >= 15 is 0 Å². The van der Waals surface area contributed by atoms with Crippen molar-refractivity contribution in [3.05, 3.63) is 23.8 Å². The van der Waals surface area contributed by atoms with Crippen molar-refractivity contribution in [1.82, 2.24) is 0 Å². The Balaban J connectivity index is 2.37. The molecule has 1 aromatic carbocycles. The van der Waals surface area contributed by atoms with Gasteiger partial charge in [-0.25, -0.2) is 4.79 Å². The van der Waals surface area contributed by atoms with Crippen molar-refractivity contribution in [2.45, 2.75) is 45.4 Å². The zero-order valence-electron chi connectivity index (χ0n) is 11.4. The zero-order chi connectivity index (χ0) is 14.1. The number of benzene rings is 1. The van der Waals surface area contributed by atoms with E-state index in [4.69, 9.17) is 9.84 Å². The Hall–Kier alpha value is -1.71. The molecule has 2 N–H and O–H groups in total. The van der Waals surface area contributed by atoms with E-state index < -0.39 is 5.97 Å². The molecule has 19 heavy (non-hydrogen) atoms.